The van der Waals surface area contributed by atoms with Gasteiger partial charge < -0.3 is 20.4 Å². The molecule has 1 atom stereocenters. The van der Waals surface area contributed by atoms with Crippen molar-refractivity contribution in [2.45, 2.75) is 57.1 Å². The van der Waals surface area contributed by atoms with Gasteiger partial charge in [0, 0.05) is 37.2 Å². The van der Waals surface area contributed by atoms with E-state index in [1.54, 1.807) is 19.4 Å². The molecule has 0 radical (unpaired) electrons. The molecule has 12 nitrogen and oxygen atoms in total. The summed E-state index contributed by atoms with van der Waals surface area (Å²) in [6, 6.07) is 7.12. The topological polar surface area (TPSA) is 151 Å². The minimum atomic E-state index is -0.950. The summed E-state index contributed by atoms with van der Waals surface area (Å²) in [5, 5.41) is 18.4. The Morgan fingerprint density at radius 2 is 2.05 bits per heavy atom. The van der Waals surface area contributed by atoms with Gasteiger partial charge in [-0.25, -0.2) is 24.0 Å². The highest BCUT2D eigenvalue weighted by Gasteiger charge is 2.43. The number of hydrogen-bond acceptors (Lipinski definition) is 8. The molecule has 5 aromatic rings. The zero-order valence-corrected chi connectivity index (χ0v) is 23.0. The van der Waals surface area contributed by atoms with Crippen LogP contribution in [0.25, 0.3) is 16.9 Å². The number of halogens is 1. The Hall–Kier alpha value is -4.65. The molecule has 5 heterocycles. The first-order valence-corrected chi connectivity index (χ1v) is 13.5. The van der Waals surface area contributed by atoms with Crippen molar-refractivity contribution in [1.29, 1.82) is 0 Å². The van der Waals surface area contributed by atoms with Crippen LogP contribution in [0.4, 0.5) is 16.0 Å². The molecular weight excluding hydrogens is 527 g/mol. The second-order valence-corrected chi connectivity index (χ2v) is 10.5. The smallest absolute Gasteiger partial charge is 0.252 e. The van der Waals surface area contributed by atoms with Crippen LogP contribution in [-0.2, 0) is 9.53 Å². The number of anilines is 2. The first kappa shape index (κ1) is 26.6. The third-order valence-electron chi connectivity index (χ3n) is 7.75. The molecule has 0 aliphatic heterocycles. The van der Waals surface area contributed by atoms with Gasteiger partial charge in [-0.05, 0) is 57.2 Å². The number of carbonyl (C=O) groups excluding carboxylic acids is 1. The number of H-pyrrole nitrogens is 2. The van der Waals surface area contributed by atoms with E-state index in [9.17, 15) is 9.18 Å². The number of rotatable bonds is 8. The Morgan fingerprint density at radius 3 is 2.71 bits per heavy atom. The van der Waals surface area contributed by atoms with Gasteiger partial charge in [-0.15, -0.1) is 0 Å². The zero-order valence-electron chi connectivity index (χ0n) is 23.0. The van der Waals surface area contributed by atoms with Gasteiger partial charge in [-0.3, -0.25) is 9.89 Å². The van der Waals surface area contributed by atoms with E-state index in [1.165, 1.54) is 10.9 Å². The minimum absolute atomic E-state index is 0.0709. The molecule has 1 aliphatic carbocycles. The molecule has 0 bridgehead atoms. The molecule has 1 amide bonds. The molecule has 4 N–H and O–H groups in total. The monoisotopic (exact) mass is 558 g/mol. The molecule has 6 rings (SSSR count). The van der Waals surface area contributed by atoms with Crippen LogP contribution in [-0.4, -0.2) is 58.5 Å². The number of aromatic amines is 2. The highest BCUT2D eigenvalue weighted by molar-refractivity contribution is 5.89. The van der Waals surface area contributed by atoms with Gasteiger partial charge in [-0.1, -0.05) is 6.07 Å². The predicted molar refractivity (Wildman–Crippen MR) is 149 cm³/mol. The standard InChI is InChI=1S/C28H31FN10O2/c1-16-12-22(38-37-16)34-26-21-8-11-30-25(21)35-24(36-26)18-6-9-28(41-3,10-7-18)27(40)33-17(2)19-4-5-23(31-13-19)39-15-20(29)14-32-39/h4-5,8,11-15,17-18H,6-7,9-10H2,1-3H3,(H,33,40)(H3,30,34,35,36,37,38). The molecule has 212 valence electrons. The molecule has 0 aromatic carbocycles. The van der Waals surface area contributed by atoms with Gasteiger partial charge in [0.1, 0.15) is 22.9 Å². The molecule has 0 spiro atoms. The fourth-order valence-electron chi connectivity index (χ4n) is 5.33. The van der Waals surface area contributed by atoms with E-state index in [4.69, 9.17) is 14.7 Å². The van der Waals surface area contributed by atoms with E-state index in [0.29, 0.717) is 43.1 Å². The van der Waals surface area contributed by atoms with E-state index >= 15 is 0 Å². The van der Waals surface area contributed by atoms with Crippen molar-refractivity contribution < 1.29 is 13.9 Å². The summed E-state index contributed by atoms with van der Waals surface area (Å²) in [5.74, 6) is 2.04. The van der Waals surface area contributed by atoms with E-state index in [-0.39, 0.29) is 17.9 Å². The Bertz CT molecular complexity index is 1670. The second-order valence-electron chi connectivity index (χ2n) is 10.5. The largest absolute Gasteiger partial charge is 0.368 e. The number of carbonyl (C=O) groups is 1. The third-order valence-corrected chi connectivity index (χ3v) is 7.75. The Labute approximate surface area is 235 Å². The van der Waals surface area contributed by atoms with Crippen LogP contribution in [0.3, 0.4) is 0 Å². The quantitative estimate of drug-likeness (QED) is 0.219. The van der Waals surface area contributed by atoms with Crippen molar-refractivity contribution in [3.05, 3.63) is 72.0 Å². The molecular formula is C28H31FN10O2. The maximum Gasteiger partial charge on any atom is 0.252 e. The molecule has 5 aromatic heterocycles. The Morgan fingerprint density at radius 1 is 1.22 bits per heavy atom. The maximum absolute atomic E-state index is 13.5. The number of aryl methyl sites for hydroxylation is 1. The second kappa shape index (κ2) is 10.7. The van der Waals surface area contributed by atoms with Crippen molar-refractivity contribution >= 4 is 28.6 Å². The lowest BCUT2D eigenvalue weighted by molar-refractivity contribution is -0.148. The first-order valence-electron chi connectivity index (χ1n) is 13.5. The SMILES string of the molecule is COC1(C(=O)NC(C)c2ccc(-n3cc(F)cn3)nc2)CCC(c2nc(Nc3cc(C)[nH]n3)c3cc[nH]c3n2)CC1. The number of nitrogens with zero attached hydrogens (tertiary/aromatic N) is 6. The lowest BCUT2D eigenvalue weighted by Crippen LogP contribution is -2.50. The van der Waals surface area contributed by atoms with Crippen LogP contribution in [0, 0.1) is 12.7 Å². The number of hydrogen-bond donors (Lipinski definition) is 4. The van der Waals surface area contributed by atoms with Crippen LogP contribution < -0.4 is 10.6 Å². The molecule has 13 heteroatoms. The van der Waals surface area contributed by atoms with Crippen LogP contribution in [0.15, 0.2) is 49.1 Å². The molecule has 1 fully saturated rings. The fourth-order valence-corrected chi connectivity index (χ4v) is 5.33. The summed E-state index contributed by atoms with van der Waals surface area (Å²) < 4.78 is 20.5. The number of aromatic nitrogens is 8. The van der Waals surface area contributed by atoms with Crippen molar-refractivity contribution in [2.24, 2.45) is 0 Å². The number of ether oxygens (including phenoxy) is 1. The van der Waals surface area contributed by atoms with Gasteiger partial charge in [-0.2, -0.15) is 10.2 Å². The van der Waals surface area contributed by atoms with Gasteiger partial charge in [0.2, 0.25) is 0 Å². The number of amides is 1. The summed E-state index contributed by atoms with van der Waals surface area (Å²) >= 11 is 0. The van der Waals surface area contributed by atoms with E-state index in [1.807, 2.05) is 38.2 Å². The van der Waals surface area contributed by atoms with E-state index < -0.39 is 11.4 Å². The summed E-state index contributed by atoms with van der Waals surface area (Å²) in [7, 11) is 1.58. The maximum atomic E-state index is 13.5. The van der Waals surface area contributed by atoms with E-state index in [2.05, 4.69) is 35.9 Å². The Balaban J connectivity index is 1.13. The summed E-state index contributed by atoms with van der Waals surface area (Å²) in [6.07, 6.45) is 8.32. The van der Waals surface area contributed by atoms with E-state index in [0.717, 1.165) is 34.3 Å². The van der Waals surface area contributed by atoms with Gasteiger partial charge in [0.25, 0.3) is 5.91 Å². The molecule has 41 heavy (non-hydrogen) atoms. The third kappa shape index (κ3) is 5.27. The molecule has 1 saturated carbocycles. The van der Waals surface area contributed by atoms with Crippen LogP contribution in [0.5, 0.6) is 0 Å². The van der Waals surface area contributed by atoms with Crippen molar-refractivity contribution in [2.75, 3.05) is 12.4 Å². The van der Waals surface area contributed by atoms with Crippen LogP contribution in [0.2, 0.25) is 0 Å². The molecule has 1 aliphatic rings. The van der Waals surface area contributed by atoms with Crippen molar-refractivity contribution in [3.8, 4) is 5.82 Å². The predicted octanol–water partition coefficient (Wildman–Crippen LogP) is 4.37. The number of fused-ring (bicyclic) bond motifs is 1. The zero-order chi connectivity index (χ0) is 28.6. The van der Waals surface area contributed by atoms with Gasteiger partial charge >= 0.3 is 0 Å². The van der Waals surface area contributed by atoms with Crippen LogP contribution >= 0.6 is 0 Å². The lowest BCUT2D eigenvalue weighted by atomic mass is 9.77. The lowest BCUT2D eigenvalue weighted by Gasteiger charge is -2.38. The number of nitrogens with one attached hydrogen (secondary N) is 4. The number of pyridine rings is 1. The van der Waals surface area contributed by atoms with Gasteiger partial charge in [0.05, 0.1) is 23.8 Å². The average Bonchev–Trinajstić information content (AvgIpc) is 3.74. The summed E-state index contributed by atoms with van der Waals surface area (Å²) in [5.41, 5.74) is 1.56. The normalized spacial score (nSPS) is 19.8. The van der Waals surface area contributed by atoms with Crippen molar-refractivity contribution in [3.63, 3.8) is 0 Å². The highest BCUT2D eigenvalue weighted by atomic mass is 19.1. The minimum Gasteiger partial charge on any atom is -0.368 e. The van der Waals surface area contributed by atoms with Crippen molar-refractivity contribution in [1.82, 2.24) is 45.2 Å². The van der Waals surface area contributed by atoms with Gasteiger partial charge in [0.15, 0.2) is 17.5 Å². The summed E-state index contributed by atoms with van der Waals surface area (Å²) in [6.45, 7) is 3.83. The number of methoxy groups -OCH3 is 1. The highest BCUT2D eigenvalue weighted by Crippen LogP contribution is 2.40. The fraction of sp³-hybridized carbons (Fsp3) is 0.357. The summed E-state index contributed by atoms with van der Waals surface area (Å²) in [4.78, 5) is 30.7. The van der Waals surface area contributed by atoms with Crippen LogP contribution in [0.1, 0.15) is 61.6 Å². The molecule has 1 unspecified atom stereocenters. The molecule has 0 saturated heterocycles. The average molecular weight is 559 g/mol. The Kier molecular flexibility index (Phi) is 6.95. The first-order chi connectivity index (χ1) is 19.8.